The SMILES string of the molecule is COc1ccccc1NC(=O)[C@H](C)OC(=O)[C@]12CCC(=O)N1c1ccccc1S2. The fourth-order valence-electron chi connectivity index (χ4n) is 3.56. The minimum atomic E-state index is -1.15. The predicted molar refractivity (Wildman–Crippen MR) is 109 cm³/mol. The summed E-state index contributed by atoms with van der Waals surface area (Å²) in [5.74, 6) is -0.680. The first-order valence-corrected chi connectivity index (χ1v) is 10.0. The molecular weight excluding hydrogens is 392 g/mol. The average Bonchev–Trinajstić information content (AvgIpc) is 3.24. The fourth-order valence-corrected chi connectivity index (χ4v) is 4.96. The third kappa shape index (κ3) is 3.23. The van der Waals surface area contributed by atoms with Crippen molar-refractivity contribution in [1.29, 1.82) is 0 Å². The molecule has 0 bridgehead atoms. The van der Waals surface area contributed by atoms with E-state index in [4.69, 9.17) is 9.47 Å². The van der Waals surface area contributed by atoms with Crippen molar-refractivity contribution in [3.63, 3.8) is 0 Å². The molecule has 2 atom stereocenters. The van der Waals surface area contributed by atoms with Gasteiger partial charge in [0, 0.05) is 17.7 Å². The molecule has 0 spiro atoms. The van der Waals surface area contributed by atoms with Gasteiger partial charge in [-0.3, -0.25) is 14.5 Å². The molecule has 0 aliphatic carbocycles. The van der Waals surface area contributed by atoms with Gasteiger partial charge >= 0.3 is 5.97 Å². The lowest BCUT2D eigenvalue weighted by Gasteiger charge is -2.29. The summed E-state index contributed by atoms with van der Waals surface area (Å²) in [4.78, 5) is 39.4. The Kier molecular flexibility index (Phi) is 4.96. The second-order valence-corrected chi connectivity index (χ2v) is 8.14. The molecule has 0 saturated carbocycles. The average molecular weight is 412 g/mol. The largest absolute Gasteiger partial charge is 0.495 e. The summed E-state index contributed by atoms with van der Waals surface area (Å²) in [6, 6.07) is 14.4. The number of carbonyl (C=O) groups is 3. The van der Waals surface area contributed by atoms with Crippen molar-refractivity contribution >= 4 is 40.9 Å². The van der Waals surface area contributed by atoms with Gasteiger partial charge in [0.25, 0.3) is 5.91 Å². The highest BCUT2D eigenvalue weighted by Crippen LogP contribution is 2.56. The van der Waals surface area contributed by atoms with Gasteiger partial charge in [0.1, 0.15) is 5.75 Å². The van der Waals surface area contributed by atoms with Crippen LogP contribution in [0.5, 0.6) is 5.75 Å². The van der Waals surface area contributed by atoms with E-state index < -0.39 is 22.9 Å². The minimum Gasteiger partial charge on any atom is -0.495 e. The lowest BCUT2D eigenvalue weighted by molar-refractivity contribution is -0.155. The first-order chi connectivity index (χ1) is 14.0. The van der Waals surface area contributed by atoms with Crippen LogP contribution in [0.4, 0.5) is 11.4 Å². The Bertz CT molecular complexity index is 995. The quantitative estimate of drug-likeness (QED) is 0.760. The number of rotatable bonds is 5. The number of nitrogens with one attached hydrogen (secondary N) is 1. The van der Waals surface area contributed by atoms with Crippen LogP contribution in [0.2, 0.25) is 0 Å². The molecule has 2 amide bonds. The van der Waals surface area contributed by atoms with Gasteiger partial charge in [0.15, 0.2) is 11.0 Å². The minimum absolute atomic E-state index is 0.120. The maximum atomic E-state index is 13.1. The number of benzene rings is 2. The summed E-state index contributed by atoms with van der Waals surface area (Å²) in [5.41, 5.74) is 1.20. The number of anilines is 2. The zero-order valence-corrected chi connectivity index (χ0v) is 16.8. The smallest absolute Gasteiger partial charge is 0.344 e. The molecule has 150 valence electrons. The number of amides is 2. The maximum absolute atomic E-state index is 13.1. The van der Waals surface area contributed by atoms with Crippen molar-refractivity contribution in [2.24, 2.45) is 0 Å². The molecule has 0 radical (unpaired) electrons. The van der Waals surface area contributed by atoms with Crippen molar-refractivity contribution in [3.8, 4) is 5.75 Å². The van der Waals surface area contributed by atoms with Crippen molar-refractivity contribution in [1.82, 2.24) is 0 Å². The van der Waals surface area contributed by atoms with E-state index in [1.165, 1.54) is 30.7 Å². The molecule has 2 aliphatic rings. The number of nitrogens with zero attached hydrogens (tertiary/aromatic N) is 1. The van der Waals surface area contributed by atoms with E-state index in [9.17, 15) is 14.4 Å². The summed E-state index contributed by atoms with van der Waals surface area (Å²) in [5, 5.41) is 2.71. The fraction of sp³-hybridized carbons (Fsp3) is 0.286. The maximum Gasteiger partial charge on any atom is 0.344 e. The number of hydrogen-bond donors (Lipinski definition) is 1. The van der Waals surface area contributed by atoms with Gasteiger partial charge in [0.2, 0.25) is 5.91 Å². The molecule has 2 aromatic carbocycles. The highest BCUT2D eigenvalue weighted by molar-refractivity contribution is 8.02. The third-order valence-electron chi connectivity index (χ3n) is 5.01. The molecule has 2 heterocycles. The molecule has 1 saturated heterocycles. The number of methoxy groups -OCH3 is 1. The molecular formula is C21H20N2O5S. The summed E-state index contributed by atoms with van der Waals surface area (Å²) in [6.45, 7) is 1.51. The van der Waals surface area contributed by atoms with Crippen LogP contribution in [0.25, 0.3) is 0 Å². The summed E-state index contributed by atoms with van der Waals surface area (Å²) < 4.78 is 10.7. The van der Waals surface area contributed by atoms with Crippen LogP contribution < -0.4 is 15.0 Å². The van der Waals surface area contributed by atoms with Gasteiger partial charge in [-0.05, 0) is 31.2 Å². The zero-order valence-electron chi connectivity index (χ0n) is 16.0. The van der Waals surface area contributed by atoms with Gasteiger partial charge in [-0.15, -0.1) is 0 Å². The Hall–Kier alpha value is -3.00. The highest BCUT2D eigenvalue weighted by atomic mass is 32.2. The van der Waals surface area contributed by atoms with E-state index in [0.29, 0.717) is 23.5 Å². The van der Waals surface area contributed by atoms with E-state index in [0.717, 1.165) is 4.90 Å². The van der Waals surface area contributed by atoms with Crippen LogP contribution in [0.1, 0.15) is 19.8 Å². The van der Waals surface area contributed by atoms with Crippen molar-refractivity contribution in [3.05, 3.63) is 48.5 Å². The standard InChI is InChI=1S/C21H20N2O5S/c1-13(19(25)22-14-7-3-5-9-16(14)27-2)28-20(26)21-12-11-18(24)23(21)15-8-4-6-10-17(15)29-21/h3-10,13H,11-12H2,1-2H3,(H,22,25)/t13-,21+/m0/s1. The molecule has 2 aliphatic heterocycles. The number of fused-ring (bicyclic) bond motifs is 3. The van der Waals surface area contributed by atoms with E-state index in [1.807, 2.05) is 24.3 Å². The van der Waals surface area contributed by atoms with E-state index >= 15 is 0 Å². The predicted octanol–water partition coefficient (Wildman–Crippen LogP) is 3.19. The number of ether oxygens (including phenoxy) is 2. The topological polar surface area (TPSA) is 84.9 Å². The lowest BCUT2D eigenvalue weighted by atomic mass is 10.2. The van der Waals surface area contributed by atoms with E-state index in [2.05, 4.69) is 5.32 Å². The summed E-state index contributed by atoms with van der Waals surface area (Å²) >= 11 is 1.31. The van der Waals surface area contributed by atoms with Crippen LogP contribution in [-0.4, -0.2) is 35.9 Å². The molecule has 7 nitrogen and oxygen atoms in total. The van der Waals surface area contributed by atoms with E-state index in [-0.39, 0.29) is 12.3 Å². The van der Waals surface area contributed by atoms with Gasteiger partial charge in [-0.1, -0.05) is 36.0 Å². The monoisotopic (exact) mass is 412 g/mol. The van der Waals surface area contributed by atoms with Gasteiger partial charge in [-0.2, -0.15) is 0 Å². The molecule has 2 aromatic rings. The number of carbonyl (C=O) groups excluding carboxylic acids is 3. The first kappa shape index (κ1) is 19.3. The van der Waals surface area contributed by atoms with Crippen molar-refractivity contribution in [2.45, 2.75) is 35.6 Å². The van der Waals surface area contributed by atoms with Crippen LogP contribution >= 0.6 is 11.8 Å². The molecule has 0 unspecified atom stereocenters. The Morgan fingerprint density at radius 2 is 1.90 bits per heavy atom. The van der Waals surface area contributed by atoms with Crippen LogP contribution in [0, 0.1) is 0 Å². The number of para-hydroxylation sites is 3. The first-order valence-electron chi connectivity index (χ1n) is 9.22. The lowest BCUT2D eigenvalue weighted by Crippen LogP contribution is -2.49. The summed E-state index contributed by atoms with van der Waals surface area (Å²) in [7, 11) is 1.51. The molecule has 29 heavy (non-hydrogen) atoms. The van der Waals surface area contributed by atoms with Crippen molar-refractivity contribution < 1.29 is 23.9 Å². The second-order valence-electron chi connectivity index (χ2n) is 6.82. The molecule has 8 heteroatoms. The molecule has 1 N–H and O–H groups in total. The van der Waals surface area contributed by atoms with Crippen molar-refractivity contribution in [2.75, 3.05) is 17.3 Å². The normalized spacial score (nSPS) is 20.6. The summed E-state index contributed by atoms with van der Waals surface area (Å²) in [6.07, 6.45) is -0.438. The van der Waals surface area contributed by atoms with Crippen LogP contribution in [0.3, 0.4) is 0 Å². The molecule has 4 rings (SSSR count). The Labute approximate surface area is 172 Å². The number of thioether (sulfide) groups is 1. The number of hydrogen-bond acceptors (Lipinski definition) is 6. The Morgan fingerprint density at radius 3 is 2.69 bits per heavy atom. The molecule has 0 aromatic heterocycles. The van der Waals surface area contributed by atoms with E-state index in [1.54, 1.807) is 24.3 Å². The zero-order chi connectivity index (χ0) is 20.6. The second kappa shape index (κ2) is 7.44. The van der Waals surface area contributed by atoms with Gasteiger partial charge in [-0.25, -0.2) is 4.79 Å². The Morgan fingerprint density at radius 1 is 1.17 bits per heavy atom. The van der Waals surface area contributed by atoms with Crippen LogP contribution in [-0.2, 0) is 19.1 Å². The van der Waals surface area contributed by atoms with Crippen LogP contribution in [0.15, 0.2) is 53.4 Å². The van der Waals surface area contributed by atoms with Gasteiger partial charge in [0.05, 0.1) is 18.5 Å². The third-order valence-corrected chi connectivity index (χ3v) is 6.47. The highest BCUT2D eigenvalue weighted by Gasteiger charge is 2.58. The van der Waals surface area contributed by atoms with Gasteiger partial charge < -0.3 is 14.8 Å². The Balaban J connectivity index is 1.50. The number of esters is 1. The molecule has 1 fully saturated rings.